The predicted octanol–water partition coefficient (Wildman–Crippen LogP) is 5.92. The Labute approximate surface area is 257 Å². The first-order valence-electron chi connectivity index (χ1n) is 13.6. The lowest BCUT2D eigenvalue weighted by Crippen LogP contribution is -2.51. The molecule has 4 rings (SSSR count). The quantitative estimate of drug-likeness (QED) is 0.269. The van der Waals surface area contributed by atoms with Crippen molar-refractivity contribution >= 4 is 50.8 Å². The minimum absolute atomic E-state index is 0.0651. The van der Waals surface area contributed by atoms with Crippen molar-refractivity contribution in [1.29, 1.82) is 0 Å². The third-order valence-corrected chi connectivity index (χ3v) is 8.64. The number of nitrogens with zero attached hydrogens (tertiary/aromatic N) is 1. The van der Waals surface area contributed by atoms with Crippen molar-refractivity contribution in [3.8, 4) is 0 Å². The highest BCUT2D eigenvalue weighted by Crippen LogP contribution is 2.36. The molecule has 0 saturated carbocycles. The van der Waals surface area contributed by atoms with Crippen molar-refractivity contribution in [2.75, 3.05) is 23.6 Å². The Kier molecular flexibility index (Phi) is 9.88. The number of hydrogen-bond acceptors (Lipinski definition) is 6. The van der Waals surface area contributed by atoms with Gasteiger partial charge in [0.25, 0.3) is 5.91 Å². The van der Waals surface area contributed by atoms with Gasteiger partial charge in [0.15, 0.2) is 0 Å². The first kappa shape index (κ1) is 31.8. The number of carbonyl (C=O) groups is 2. The van der Waals surface area contributed by atoms with E-state index < -0.39 is 33.5 Å². The topological polar surface area (TPSA) is 105 Å². The molecule has 1 aliphatic rings. The average Bonchev–Trinajstić information content (AvgIpc) is 2.88. The second kappa shape index (κ2) is 13.0. The van der Waals surface area contributed by atoms with Gasteiger partial charge < -0.3 is 10.1 Å². The molecule has 224 valence electrons. The first-order chi connectivity index (χ1) is 19.7. The summed E-state index contributed by atoms with van der Waals surface area (Å²) in [4.78, 5) is 27.2. The monoisotopic (exact) mass is 631 g/mol. The van der Waals surface area contributed by atoms with Crippen molar-refractivity contribution in [2.45, 2.75) is 45.4 Å². The van der Waals surface area contributed by atoms with Crippen LogP contribution in [0.4, 0.5) is 5.69 Å². The lowest BCUT2D eigenvalue weighted by atomic mass is 9.91. The zero-order chi connectivity index (χ0) is 30.7. The van der Waals surface area contributed by atoms with Crippen molar-refractivity contribution in [3.63, 3.8) is 0 Å². The molecular formula is C31H35Cl2N3O5S. The summed E-state index contributed by atoms with van der Waals surface area (Å²) in [7, 11) is -3.70. The van der Waals surface area contributed by atoms with E-state index in [-0.39, 0.29) is 29.0 Å². The number of carbonyl (C=O) groups excluding carboxylic acids is 2. The number of amides is 1. The van der Waals surface area contributed by atoms with Crippen LogP contribution >= 0.6 is 23.2 Å². The van der Waals surface area contributed by atoms with E-state index in [0.717, 1.165) is 11.1 Å². The van der Waals surface area contributed by atoms with Gasteiger partial charge in [-0.15, -0.1) is 0 Å². The van der Waals surface area contributed by atoms with Gasteiger partial charge in [-0.3, -0.25) is 14.4 Å². The van der Waals surface area contributed by atoms with E-state index in [2.05, 4.69) is 14.9 Å². The first-order valence-corrected chi connectivity index (χ1v) is 16.0. The standard InChI is InChI=1S/C31H35Cl2N3O5S/c1-20(30(38)41-31(2,3)4)34-29(37)24-6-5-7-27(16-24)35-42(39,40)19-21-17-36(18-21)28(22-8-12-25(32)13-9-22)23-10-14-26(33)15-11-23/h5-16,20-21,28,35H,17-19H2,1-4H3,(H,34,37)/t20-/m0/s1. The number of sulfonamides is 1. The molecule has 3 aromatic carbocycles. The molecule has 0 aliphatic carbocycles. The summed E-state index contributed by atoms with van der Waals surface area (Å²) in [6.45, 7) is 7.93. The van der Waals surface area contributed by atoms with Crippen LogP contribution in [0, 0.1) is 5.92 Å². The third kappa shape index (κ3) is 8.70. The number of nitrogens with one attached hydrogen (secondary N) is 2. The molecule has 3 aromatic rings. The molecule has 8 nitrogen and oxygen atoms in total. The largest absolute Gasteiger partial charge is 0.458 e. The van der Waals surface area contributed by atoms with Gasteiger partial charge in [0.05, 0.1) is 11.8 Å². The number of rotatable bonds is 10. The minimum Gasteiger partial charge on any atom is -0.458 e. The van der Waals surface area contributed by atoms with Crippen LogP contribution in [0.1, 0.15) is 55.2 Å². The van der Waals surface area contributed by atoms with E-state index >= 15 is 0 Å². The van der Waals surface area contributed by atoms with Crippen LogP contribution < -0.4 is 10.0 Å². The lowest BCUT2D eigenvalue weighted by Gasteiger charge is -2.44. The van der Waals surface area contributed by atoms with Crippen LogP contribution in [0.2, 0.25) is 10.0 Å². The highest BCUT2D eigenvalue weighted by molar-refractivity contribution is 7.92. The number of esters is 1. The fraction of sp³-hybridized carbons (Fsp3) is 0.355. The fourth-order valence-corrected chi connectivity index (χ4v) is 6.47. The molecule has 0 bridgehead atoms. The maximum Gasteiger partial charge on any atom is 0.328 e. The minimum atomic E-state index is -3.70. The Morgan fingerprint density at radius 2 is 1.50 bits per heavy atom. The lowest BCUT2D eigenvalue weighted by molar-refractivity contribution is -0.156. The highest BCUT2D eigenvalue weighted by atomic mass is 35.5. The zero-order valence-corrected chi connectivity index (χ0v) is 26.3. The number of likely N-dealkylation sites (tertiary alicyclic amines) is 1. The summed E-state index contributed by atoms with van der Waals surface area (Å²) in [6.07, 6.45) is 0. The van der Waals surface area contributed by atoms with Gasteiger partial charge in [-0.25, -0.2) is 13.2 Å². The Morgan fingerprint density at radius 3 is 2.02 bits per heavy atom. The molecule has 0 aromatic heterocycles. The van der Waals surface area contributed by atoms with Gasteiger partial charge in [-0.05, 0) is 81.3 Å². The Balaban J connectivity index is 1.37. The summed E-state index contributed by atoms with van der Waals surface area (Å²) in [5, 5.41) is 3.89. The SMILES string of the molecule is C[C@H](NC(=O)c1cccc(NS(=O)(=O)CC2CN(C(c3ccc(Cl)cc3)c3ccc(Cl)cc3)C2)c1)C(=O)OC(C)(C)C. The van der Waals surface area contributed by atoms with Crippen LogP contribution in [0.3, 0.4) is 0 Å². The van der Waals surface area contributed by atoms with Gasteiger partial charge in [-0.2, -0.15) is 0 Å². The van der Waals surface area contributed by atoms with Crippen LogP contribution in [0.25, 0.3) is 0 Å². The molecule has 1 heterocycles. The van der Waals surface area contributed by atoms with E-state index in [1.165, 1.54) is 13.0 Å². The smallest absolute Gasteiger partial charge is 0.328 e. The normalized spacial score (nSPS) is 15.1. The zero-order valence-electron chi connectivity index (χ0n) is 23.9. The highest BCUT2D eigenvalue weighted by Gasteiger charge is 2.36. The van der Waals surface area contributed by atoms with E-state index in [0.29, 0.717) is 23.1 Å². The van der Waals surface area contributed by atoms with Crippen molar-refractivity contribution < 1.29 is 22.7 Å². The molecule has 2 N–H and O–H groups in total. The van der Waals surface area contributed by atoms with Crippen molar-refractivity contribution in [3.05, 3.63) is 99.5 Å². The van der Waals surface area contributed by atoms with Gasteiger partial charge in [-0.1, -0.05) is 53.5 Å². The molecule has 0 unspecified atom stereocenters. The van der Waals surface area contributed by atoms with E-state index in [4.69, 9.17) is 27.9 Å². The third-order valence-electron chi connectivity index (χ3n) is 6.68. The van der Waals surface area contributed by atoms with Gasteiger partial charge >= 0.3 is 5.97 Å². The van der Waals surface area contributed by atoms with Crippen molar-refractivity contribution in [2.24, 2.45) is 5.92 Å². The van der Waals surface area contributed by atoms with E-state index in [1.807, 2.05) is 48.5 Å². The number of ether oxygens (including phenoxy) is 1. The van der Waals surface area contributed by atoms with Crippen LogP contribution in [-0.4, -0.2) is 55.7 Å². The molecule has 11 heteroatoms. The molecule has 1 fully saturated rings. The molecule has 42 heavy (non-hydrogen) atoms. The second-order valence-electron chi connectivity index (χ2n) is 11.5. The van der Waals surface area contributed by atoms with Crippen molar-refractivity contribution in [1.82, 2.24) is 10.2 Å². The van der Waals surface area contributed by atoms with Crippen LogP contribution in [-0.2, 0) is 19.6 Å². The Hall–Kier alpha value is -3.11. The molecule has 0 spiro atoms. The van der Waals surface area contributed by atoms with Gasteiger partial charge in [0.1, 0.15) is 11.6 Å². The fourth-order valence-electron chi connectivity index (χ4n) is 4.81. The number of anilines is 1. The maximum absolute atomic E-state index is 13.1. The summed E-state index contributed by atoms with van der Waals surface area (Å²) >= 11 is 12.2. The summed E-state index contributed by atoms with van der Waals surface area (Å²) in [5.74, 6) is -1.22. The van der Waals surface area contributed by atoms with Crippen LogP contribution in [0.15, 0.2) is 72.8 Å². The molecule has 1 atom stereocenters. The molecule has 1 amide bonds. The summed E-state index contributed by atoms with van der Waals surface area (Å²) < 4.78 is 34.0. The van der Waals surface area contributed by atoms with Gasteiger partial charge in [0.2, 0.25) is 10.0 Å². The maximum atomic E-state index is 13.1. The van der Waals surface area contributed by atoms with E-state index in [9.17, 15) is 18.0 Å². The molecule has 1 aliphatic heterocycles. The number of hydrogen-bond donors (Lipinski definition) is 2. The average molecular weight is 633 g/mol. The summed E-state index contributed by atoms with van der Waals surface area (Å²) in [6, 6.07) is 20.5. The number of halogens is 2. The van der Waals surface area contributed by atoms with E-state index in [1.54, 1.807) is 39.0 Å². The Morgan fingerprint density at radius 1 is 0.952 bits per heavy atom. The number of benzene rings is 3. The molecule has 1 saturated heterocycles. The van der Waals surface area contributed by atoms with Crippen LogP contribution in [0.5, 0.6) is 0 Å². The summed E-state index contributed by atoms with van der Waals surface area (Å²) in [5.41, 5.74) is 1.91. The molecule has 0 radical (unpaired) electrons. The molecular weight excluding hydrogens is 597 g/mol. The Bertz CT molecular complexity index is 1470. The predicted molar refractivity (Wildman–Crippen MR) is 166 cm³/mol. The van der Waals surface area contributed by atoms with Gasteiger partial charge in [0, 0.05) is 40.3 Å². The second-order valence-corrected chi connectivity index (χ2v) is 14.2.